The first-order valence-electron chi connectivity index (χ1n) is 8.51. The van der Waals surface area contributed by atoms with Crippen LogP contribution in [0.4, 0.5) is 10.5 Å². The Hall–Kier alpha value is -2.33. The number of carbonyl (C=O) groups excluding carboxylic acids is 1. The first-order valence-corrected chi connectivity index (χ1v) is 8.51. The molecule has 3 rings (SSSR count). The van der Waals surface area contributed by atoms with Crippen molar-refractivity contribution in [3.63, 3.8) is 0 Å². The maximum Gasteiger partial charge on any atom is 0.321 e. The zero-order valence-corrected chi connectivity index (χ0v) is 14.5. The lowest BCUT2D eigenvalue weighted by atomic mass is 10.1. The van der Waals surface area contributed by atoms with Crippen LogP contribution in [0.15, 0.2) is 48.5 Å². The molecule has 0 saturated carbocycles. The fourth-order valence-electron chi connectivity index (χ4n) is 3.02. The van der Waals surface area contributed by atoms with Crippen LogP contribution in [0.3, 0.4) is 0 Å². The highest BCUT2D eigenvalue weighted by molar-refractivity contribution is 5.89. The Morgan fingerprint density at radius 3 is 2.33 bits per heavy atom. The molecule has 0 bridgehead atoms. The number of carbonyl (C=O) groups is 1. The zero-order valence-electron chi connectivity index (χ0n) is 14.5. The van der Waals surface area contributed by atoms with Crippen LogP contribution in [0.2, 0.25) is 0 Å². The predicted molar refractivity (Wildman–Crippen MR) is 98.2 cm³/mol. The quantitative estimate of drug-likeness (QED) is 0.936. The van der Waals surface area contributed by atoms with Gasteiger partial charge in [0, 0.05) is 38.4 Å². The summed E-state index contributed by atoms with van der Waals surface area (Å²) in [6.07, 6.45) is 0. The second kappa shape index (κ2) is 7.49. The van der Waals surface area contributed by atoms with Crippen LogP contribution >= 0.6 is 0 Å². The van der Waals surface area contributed by atoms with Gasteiger partial charge in [0.15, 0.2) is 0 Å². The number of urea groups is 1. The summed E-state index contributed by atoms with van der Waals surface area (Å²) in [5.74, 6) is 0. The van der Waals surface area contributed by atoms with Gasteiger partial charge in [-0.3, -0.25) is 4.90 Å². The standard InChI is InChI=1S/C20H25N3O/c1-16-6-8-19(9-7-16)21-20(24)23-12-10-22(11-13-23)15-18-5-3-4-17(2)14-18/h3-9,14H,10-13,15H2,1-2H3,(H,21,24). The minimum atomic E-state index is -0.00550. The first kappa shape index (κ1) is 16.5. The third kappa shape index (κ3) is 4.36. The maximum atomic E-state index is 12.4. The highest BCUT2D eigenvalue weighted by Gasteiger charge is 2.21. The number of rotatable bonds is 3. The molecule has 0 aromatic heterocycles. The van der Waals surface area contributed by atoms with E-state index in [2.05, 4.69) is 41.4 Å². The summed E-state index contributed by atoms with van der Waals surface area (Å²) in [6.45, 7) is 8.47. The van der Waals surface area contributed by atoms with Crippen molar-refractivity contribution in [2.24, 2.45) is 0 Å². The Morgan fingerprint density at radius 1 is 0.958 bits per heavy atom. The molecular formula is C20H25N3O. The summed E-state index contributed by atoms with van der Waals surface area (Å²) >= 11 is 0. The summed E-state index contributed by atoms with van der Waals surface area (Å²) in [6, 6.07) is 16.5. The third-order valence-corrected chi connectivity index (χ3v) is 4.45. The highest BCUT2D eigenvalue weighted by Crippen LogP contribution is 2.13. The van der Waals surface area contributed by atoms with Crippen LogP contribution in [0.25, 0.3) is 0 Å². The number of aryl methyl sites for hydroxylation is 2. The number of nitrogens with zero attached hydrogens (tertiary/aromatic N) is 2. The SMILES string of the molecule is Cc1ccc(NC(=O)N2CCN(Cc3cccc(C)c3)CC2)cc1. The van der Waals surface area contributed by atoms with Crippen LogP contribution in [-0.2, 0) is 6.54 Å². The molecule has 1 heterocycles. The van der Waals surface area contributed by atoms with E-state index in [0.29, 0.717) is 0 Å². The number of anilines is 1. The van der Waals surface area contributed by atoms with E-state index >= 15 is 0 Å². The molecule has 4 nitrogen and oxygen atoms in total. The summed E-state index contributed by atoms with van der Waals surface area (Å²) in [5.41, 5.74) is 4.68. The third-order valence-electron chi connectivity index (χ3n) is 4.45. The summed E-state index contributed by atoms with van der Waals surface area (Å²) in [5, 5.41) is 2.98. The second-order valence-corrected chi connectivity index (χ2v) is 6.55. The molecule has 1 aliphatic rings. The van der Waals surface area contributed by atoms with Crippen molar-refractivity contribution in [2.75, 3.05) is 31.5 Å². The normalized spacial score (nSPS) is 15.3. The van der Waals surface area contributed by atoms with Crippen LogP contribution in [0.1, 0.15) is 16.7 Å². The molecule has 2 aromatic carbocycles. The second-order valence-electron chi connectivity index (χ2n) is 6.55. The van der Waals surface area contributed by atoms with Gasteiger partial charge in [-0.25, -0.2) is 4.79 Å². The van der Waals surface area contributed by atoms with Gasteiger partial charge < -0.3 is 10.2 Å². The molecule has 2 amide bonds. The molecule has 0 aliphatic carbocycles. The van der Waals surface area contributed by atoms with Gasteiger partial charge in [0.2, 0.25) is 0 Å². The topological polar surface area (TPSA) is 35.6 Å². The van der Waals surface area contributed by atoms with Crippen molar-refractivity contribution in [2.45, 2.75) is 20.4 Å². The minimum absolute atomic E-state index is 0.00550. The van der Waals surface area contributed by atoms with Crippen LogP contribution < -0.4 is 5.32 Å². The van der Waals surface area contributed by atoms with E-state index in [0.717, 1.165) is 38.4 Å². The van der Waals surface area contributed by atoms with E-state index < -0.39 is 0 Å². The van der Waals surface area contributed by atoms with Gasteiger partial charge in [-0.15, -0.1) is 0 Å². The van der Waals surface area contributed by atoms with E-state index in [4.69, 9.17) is 0 Å². The van der Waals surface area contributed by atoms with Crippen LogP contribution in [-0.4, -0.2) is 42.0 Å². The molecule has 1 saturated heterocycles. The van der Waals surface area contributed by atoms with Gasteiger partial charge >= 0.3 is 6.03 Å². The molecular weight excluding hydrogens is 298 g/mol. The molecule has 1 N–H and O–H groups in total. The van der Waals surface area contributed by atoms with E-state index in [-0.39, 0.29) is 6.03 Å². The number of piperazine rings is 1. The molecule has 1 fully saturated rings. The van der Waals surface area contributed by atoms with E-state index in [9.17, 15) is 4.79 Å². The van der Waals surface area contributed by atoms with E-state index in [1.54, 1.807) is 0 Å². The largest absolute Gasteiger partial charge is 0.322 e. The fourth-order valence-corrected chi connectivity index (χ4v) is 3.02. The lowest BCUT2D eigenvalue weighted by Gasteiger charge is -2.34. The van der Waals surface area contributed by atoms with Gasteiger partial charge in [-0.1, -0.05) is 47.5 Å². The average Bonchev–Trinajstić information content (AvgIpc) is 2.57. The number of hydrogen-bond donors (Lipinski definition) is 1. The van der Waals surface area contributed by atoms with E-state index in [1.165, 1.54) is 16.7 Å². The van der Waals surface area contributed by atoms with Crippen molar-refractivity contribution in [1.29, 1.82) is 0 Å². The summed E-state index contributed by atoms with van der Waals surface area (Å²) < 4.78 is 0. The first-order chi connectivity index (χ1) is 11.6. The van der Waals surface area contributed by atoms with E-state index in [1.807, 2.05) is 36.1 Å². The Kier molecular flexibility index (Phi) is 5.16. The highest BCUT2D eigenvalue weighted by atomic mass is 16.2. The minimum Gasteiger partial charge on any atom is -0.322 e. The van der Waals surface area contributed by atoms with Crippen molar-refractivity contribution < 1.29 is 4.79 Å². The van der Waals surface area contributed by atoms with Crippen molar-refractivity contribution in [1.82, 2.24) is 9.80 Å². The van der Waals surface area contributed by atoms with Gasteiger partial charge in [-0.05, 0) is 31.5 Å². The molecule has 0 radical (unpaired) electrons. The maximum absolute atomic E-state index is 12.4. The molecule has 2 aromatic rings. The molecule has 1 aliphatic heterocycles. The Labute approximate surface area is 144 Å². The number of amides is 2. The lowest BCUT2D eigenvalue weighted by Crippen LogP contribution is -2.49. The zero-order chi connectivity index (χ0) is 16.9. The van der Waals surface area contributed by atoms with Gasteiger partial charge in [-0.2, -0.15) is 0 Å². The molecule has 4 heteroatoms. The van der Waals surface area contributed by atoms with Crippen molar-refractivity contribution in [3.05, 3.63) is 65.2 Å². The number of benzene rings is 2. The van der Waals surface area contributed by atoms with Gasteiger partial charge in [0.05, 0.1) is 0 Å². The molecule has 0 atom stereocenters. The molecule has 0 unspecified atom stereocenters. The van der Waals surface area contributed by atoms with Gasteiger partial charge in [0.25, 0.3) is 0 Å². The summed E-state index contributed by atoms with van der Waals surface area (Å²) in [7, 11) is 0. The molecule has 0 spiro atoms. The Bertz CT molecular complexity index is 688. The monoisotopic (exact) mass is 323 g/mol. The van der Waals surface area contributed by atoms with Crippen LogP contribution in [0.5, 0.6) is 0 Å². The number of hydrogen-bond acceptors (Lipinski definition) is 2. The molecule has 24 heavy (non-hydrogen) atoms. The smallest absolute Gasteiger partial charge is 0.321 e. The fraction of sp³-hybridized carbons (Fsp3) is 0.350. The average molecular weight is 323 g/mol. The predicted octanol–water partition coefficient (Wildman–Crippen LogP) is 3.65. The lowest BCUT2D eigenvalue weighted by molar-refractivity contribution is 0.143. The van der Waals surface area contributed by atoms with Crippen molar-refractivity contribution in [3.8, 4) is 0 Å². The Morgan fingerprint density at radius 2 is 1.67 bits per heavy atom. The van der Waals surface area contributed by atoms with Crippen molar-refractivity contribution >= 4 is 11.7 Å². The van der Waals surface area contributed by atoms with Crippen LogP contribution in [0, 0.1) is 13.8 Å². The summed E-state index contributed by atoms with van der Waals surface area (Å²) in [4.78, 5) is 16.7. The number of nitrogens with one attached hydrogen (secondary N) is 1. The molecule has 126 valence electrons. The Balaban J connectivity index is 1.49. The van der Waals surface area contributed by atoms with Gasteiger partial charge in [0.1, 0.15) is 0 Å².